The highest BCUT2D eigenvalue weighted by Gasteiger charge is 2.13. The molecule has 1 heterocycles. The van der Waals surface area contributed by atoms with Gasteiger partial charge in [-0.1, -0.05) is 60.7 Å². The Morgan fingerprint density at radius 3 is 1.84 bits per heavy atom. The molecule has 0 aliphatic carbocycles. The molecule has 0 saturated heterocycles. The van der Waals surface area contributed by atoms with Gasteiger partial charge >= 0.3 is 0 Å². The molecule has 2 nitrogen and oxygen atoms in total. The van der Waals surface area contributed by atoms with Gasteiger partial charge in [0.1, 0.15) is 5.82 Å². The van der Waals surface area contributed by atoms with Crippen LogP contribution >= 0.6 is 0 Å². The lowest BCUT2D eigenvalue weighted by Gasteiger charge is -2.16. The number of rotatable bonds is 3. The van der Waals surface area contributed by atoms with Crippen molar-refractivity contribution in [2.24, 2.45) is 0 Å². The Labute approximate surface area is 148 Å². The molecule has 0 atom stereocenters. The maximum atomic E-state index is 4.59. The molecule has 0 aliphatic rings. The SMILES string of the molecule is Cc1cc(-c2ccccc2)cc(C)c1-n1ccnc1-c1ccccc1. The molecule has 4 rings (SSSR count). The molecule has 0 aliphatic heterocycles. The summed E-state index contributed by atoms with van der Waals surface area (Å²) in [6.07, 6.45) is 3.91. The van der Waals surface area contributed by atoms with Crippen LogP contribution in [-0.2, 0) is 0 Å². The first kappa shape index (κ1) is 15.4. The molecular formula is C23H20N2. The van der Waals surface area contributed by atoms with E-state index in [-0.39, 0.29) is 0 Å². The summed E-state index contributed by atoms with van der Waals surface area (Å²) in [5.74, 6) is 0.972. The number of imidazole rings is 1. The van der Waals surface area contributed by atoms with Gasteiger partial charge in [-0.05, 0) is 48.2 Å². The zero-order chi connectivity index (χ0) is 17.2. The van der Waals surface area contributed by atoms with Crippen molar-refractivity contribution in [3.8, 4) is 28.2 Å². The van der Waals surface area contributed by atoms with Crippen molar-refractivity contribution >= 4 is 0 Å². The number of nitrogens with zero attached hydrogens (tertiary/aromatic N) is 2. The fraction of sp³-hybridized carbons (Fsp3) is 0.0870. The van der Waals surface area contributed by atoms with Crippen molar-refractivity contribution in [3.05, 3.63) is 96.3 Å². The molecule has 0 amide bonds. The fourth-order valence-corrected chi connectivity index (χ4v) is 3.42. The van der Waals surface area contributed by atoms with Crippen molar-refractivity contribution in [2.75, 3.05) is 0 Å². The van der Waals surface area contributed by atoms with E-state index in [0.717, 1.165) is 11.4 Å². The van der Waals surface area contributed by atoms with E-state index in [9.17, 15) is 0 Å². The van der Waals surface area contributed by atoms with Crippen LogP contribution in [0.1, 0.15) is 11.1 Å². The van der Waals surface area contributed by atoms with Crippen LogP contribution < -0.4 is 0 Å². The maximum Gasteiger partial charge on any atom is 0.144 e. The summed E-state index contributed by atoms with van der Waals surface area (Å²) in [5.41, 5.74) is 7.31. The lowest BCUT2D eigenvalue weighted by molar-refractivity contribution is 1.03. The van der Waals surface area contributed by atoms with Crippen LogP contribution in [0.3, 0.4) is 0 Å². The van der Waals surface area contributed by atoms with Gasteiger partial charge in [-0.3, -0.25) is 4.57 Å². The van der Waals surface area contributed by atoms with Gasteiger partial charge in [0, 0.05) is 18.0 Å². The van der Waals surface area contributed by atoms with Gasteiger partial charge in [0.15, 0.2) is 0 Å². The molecule has 0 fully saturated rings. The zero-order valence-electron chi connectivity index (χ0n) is 14.5. The summed E-state index contributed by atoms with van der Waals surface area (Å²) in [4.78, 5) is 4.59. The Balaban J connectivity index is 1.85. The number of aryl methyl sites for hydroxylation is 2. The largest absolute Gasteiger partial charge is 0.299 e. The van der Waals surface area contributed by atoms with E-state index >= 15 is 0 Å². The number of hydrogen-bond acceptors (Lipinski definition) is 1. The topological polar surface area (TPSA) is 17.8 Å². The quantitative estimate of drug-likeness (QED) is 0.464. The molecule has 0 radical (unpaired) electrons. The summed E-state index contributed by atoms with van der Waals surface area (Å²) in [6.45, 7) is 4.34. The highest BCUT2D eigenvalue weighted by atomic mass is 15.1. The van der Waals surface area contributed by atoms with Gasteiger partial charge in [0.2, 0.25) is 0 Å². The molecular weight excluding hydrogens is 304 g/mol. The van der Waals surface area contributed by atoms with Crippen LogP contribution in [0.2, 0.25) is 0 Å². The average molecular weight is 324 g/mol. The summed E-state index contributed by atoms with van der Waals surface area (Å²) < 4.78 is 2.19. The van der Waals surface area contributed by atoms with Crippen LogP contribution in [-0.4, -0.2) is 9.55 Å². The van der Waals surface area contributed by atoms with Gasteiger partial charge in [-0.15, -0.1) is 0 Å². The second-order valence-electron chi connectivity index (χ2n) is 6.31. The molecule has 0 bridgehead atoms. The molecule has 3 aromatic carbocycles. The highest BCUT2D eigenvalue weighted by Crippen LogP contribution is 2.30. The molecule has 1 aromatic heterocycles. The van der Waals surface area contributed by atoms with E-state index in [2.05, 4.69) is 78.0 Å². The lowest BCUT2D eigenvalue weighted by Crippen LogP contribution is -2.02. The van der Waals surface area contributed by atoms with Crippen molar-refractivity contribution in [3.63, 3.8) is 0 Å². The Morgan fingerprint density at radius 1 is 0.680 bits per heavy atom. The van der Waals surface area contributed by atoms with Crippen LogP contribution in [0.25, 0.3) is 28.2 Å². The van der Waals surface area contributed by atoms with Crippen LogP contribution in [0, 0.1) is 13.8 Å². The summed E-state index contributed by atoms with van der Waals surface area (Å²) in [7, 11) is 0. The summed E-state index contributed by atoms with van der Waals surface area (Å²) in [6, 6.07) is 25.4. The van der Waals surface area contributed by atoms with E-state index < -0.39 is 0 Å². The van der Waals surface area contributed by atoms with Gasteiger partial charge in [0.05, 0.1) is 5.69 Å². The van der Waals surface area contributed by atoms with Crippen LogP contribution in [0.5, 0.6) is 0 Å². The Morgan fingerprint density at radius 2 is 1.24 bits per heavy atom. The standard InChI is InChI=1S/C23H20N2/c1-17-15-21(19-9-5-3-6-10-19)16-18(2)22(17)25-14-13-24-23(25)20-11-7-4-8-12-20/h3-16H,1-2H3. The smallest absolute Gasteiger partial charge is 0.144 e. The molecule has 0 unspecified atom stereocenters. The van der Waals surface area contributed by atoms with E-state index in [4.69, 9.17) is 0 Å². The maximum absolute atomic E-state index is 4.59. The zero-order valence-corrected chi connectivity index (χ0v) is 14.5. The fourth-order valence-electron chi connectivity index (χ4n) is 3.42. The normalized spacial score (nSPS) is 10.8. The van der Waals surface area contributed by atoms with Crippen molar-refractivity contribution in [1.29, 1.82) is 0 Å². The predicted octanol–water partition coefficient (Wildman–Crippen LogP) is 5.82. The second kappa shape index (κ2) is 6.40. The van der Waals surface area contributed by atoms with E-state index in [1.807, 2.05) is 30.6 Å². The minimum atomic E-state index is 0.972. The Hall–Kier alpha value is -3.13. The third kappa shape index (κ3) is 2.87. The number of benzene rings is 3. The molecule has 4 aromatic rings. The molecule has 25 heavy (non-hydrogen) atoms. The summed E-state index contributed by atoms with van der Waals surface area (Å²) >= 11 is 0. The number of hydrogen-bond donors (Lipinski definition) is 0. The minimum Gasteiger partial charge on any atom is -0.299 e. The second-order valence-corrected chi connectivity index (χ2v) is 6.31. The Bertz CT molecular complexity index is 976. The molecule has 0 spiro atoms. The van der Waals surface area contributed by atoms with E-state index in [0.29, 0.717) is 0 Å². The summed E-state index contributed by atoms with van der Waals surface area (Å²) in [5, 5.41) is 0. The first-order valence-electron chi connectivity index (χ1n) is 8.50. The van der Waals surface area contributed by atoms with Gasteiger partial charge < -0.3 is 0 Å². The first-order valence-corrected chi connectivity index (χ1v) is 8.50. The van der Waals surface area contributed by atoms with Gasteiger partial charge in [0.25, 0.3) is 0 Å². The van der Waals surface area contributed by atoms with Crippen molar-refractivity contribution in [2.45, 2.75) is 13.8 Å². The average Bonchev–Trinajstić information content (AvgIpc) is 3.12. The minimum absolute atomic E-state index is 0.972. The monoisotopic (exact) mass is 324 g/mol. The molecule has 0 saturated carbocycles. The number of aromatic nitrogens is 2. The van der Waals surface area contributed by atoms with Gasteiger partial charge in [-0.2, -0.15) is 0 Å². The third-order valence-corrected chi connectivity index (χ3v) is 4.51. The predicted molar refractivity (Wildman–Crippen MR) is 104 cm³/mol. The molecule has 2 heteroatoms. The van der Waals surface area contributed by atoms with Crippen LogP contribution in [0.15, 0.2) is 85.2 Å². The van der Waals surface area contributed by atoms with Gasteiger partial charge in [-0.25, -0.2) is 4.98 Å². The molecule has 0 N–H and O–H groups in total. The van der Waals surface area contributed by atoms with E-state index in [1.165, 1.54) is 27.9 Å². The third-order valence-electron chi connectivity index (χ3n) is 4.51. The lowest BCUT2D eigenvalue weighted by atomic mass is 9.98. The Kier molecular flexibility index (Phi) is 3.95. The highest BCUT2D eigenvalue weighted by molar-refractivity contribution is 5.70. The first-order chi connectivity index (χ1) is 12.2. The van der Waals surface area contributed by atoms with Crippen LogP contribution in [0.4, 0.5) is 0 Å². The van der Waals surface area contributed by atoms with Crippen molar-refractivity contribution < 1.29 is 0 Å². The molecule has 122 valence electrons. The van der Waals surface area contributed by atoms with E-state index in [1.54, 1.807) is 0 Å². The van der Waals surface area contributed by atoms with Crippen molar-refractivity contribution in [1.82, 2.24) is 9.55 Å².